The van der Waals surface area contributed by atoms with Gasteiger partial charge in [0, 0.05) is 25.4 Å². The van der Waals surface area contributed by atoms with Crippen LogP contribution in [0, 0.1) is 6.92 Å². The topological polar surface area (TPSA) is 83.9 Å². The predicted molar refractivity (Wildman–Crippen MR) is 113 cm³/mol. The van der Waals surface area contributed by atoms with Gasteiger partial charge in [-0.3, -0.25) is 9.59 Å². The van der Waals surface area contributed by atoms with Crippen LogP contribution in [0.5, 0.6) is 0 Å². The lowest BCUT2D eigenvalue weighted by Crippen LogP contribution is -2.25. The number of benzene rings is 1. The molecule has 0 saturated heterocycles. The van der Waals surface area contributed by atoms with Gasteiger partial charge in [0.1, 0.15) is 10.9 Å². The van der Waals surface area contributed by atoms with Gasteiger partial charge in [-0.2, -0.15) is 10.2 Å². The molecule has 0 aliphatic carbocycles. The monoisotopic (exact) mass is 405 g/mol. The Kier molecular flexibility index (Phi) is 5.47. The number of para-hydroxylation sites is 1. The molecular formula is C22H23N5O3. The van der Waals surface area contributed by atoms with Gasteiger partial charge >= 0.3 is 5.97 Å². The Bertz CT molecular complexity index is 1220. The average Bonchev–Trinajstić information content (AvgIpc) is 3.40. The SMILES string of the molecule is CCOC(=O)CCCn1nc(C)c2nn(-c3ccccc3)c(-n3cccc3)c2c1=O. The Balaban J connectivity index is 1.83. The third-order valence-electron chi connectivity index (χ3n) is 4.83. The molecule has 0 bridgehead atoms. The normalized spacial score (nSPS) is 11.1. The summed E-state index contributed by atoms with van der Waals surface area (Å²) in [5, 5.41) is 9.66. The Morgan fingerprint density at radius 2 is 1.80 bits per heavy atom. The maximum Gasteiger partial charge on any atom is 0.305 e. The van der Waals surface area contributed by atoms with Crippen LogP contribution in [0.2, 0.25) is 0 Å². The lowest BCUT2D eigenvalue weighted by Gasteiger charge is -2.09. The fourth-order valence-electron chi connectivity index (χ4n) is 3.48. The van der Waals surface area contributed by atoms with E-state index in [4.69, 9.17) is 9.84 Å². The van der Waals surface area contributed by atoms with Crippen molar-refractivity contribution in [1.82, 2.24) is 24.1 Å². The van der Waals surface area contributed by atoms with Gasteiger partial charge in [0.2, 0.25) is 0 Å². The van der Waals surface area contributed by atoms with E-state index in [0.717, 1.165) is 5.69 Å². The van der Waals surface area contributed by atoms with E-state index < -0.39 is 0 Å². The lowest BCUT2D eigenvalue weighted by atomic mass is 10.2. The number of esters is 1. The van der Waals surface area contributed by atoms with E-state index in [1.54, 1.807) is 11.6 Å². The number of carbonyl (C=O) groups is 1. The number of hydrogen-bond acceptors (Lipinski definition) is 5. The Morgan fingerprint density at radius 3 is 2.50 bits per heavy atom. The number of aryl methyl sites for hydroxylation is 2. The number of rotatable bonds is 7. The van der Waals surface area contributed by atoms with Crippen molar-refractivity contribution >= 4 is 16.9 Å². The zero-order valence-corrected chi connectivity index (χ0v) is 17.0. The van der Waals surface area contributed by atoms with Crippen molar-refractivity contribution in [3.05, 3.63) is 70.9 Å². The molecule has 4 rings (SSSR count). The molecule has 0 radical (unpaired) electrons. The molecule has 0 fully saturated rings. The molecule has 154 valence electrons. The Morgan fingerprint density at radius 1 is 1.07 bits per heavy atom. The summed E-state index contributed by atoms with van der Waals surface area (Å²) in [7, 11) is 0. The van der Waals surface area contributed by atoms with Crippen molar-refractivity contribution in [1.29, 1.82) is 0 Å². The molecule has 0 amide bonds. The van der Waals surface area contributed by atoms with E-state index in [0.29, 0.717) is 42.0 Å². The molecule has 3 aromatic heterocycles. The molecule has 0 N–H and O–H groups in total. The molecule has 0 atom stereocenters. The summed E-state index contributed by atoms with van der Waals surface area (Å²) in [6, 6.07) is 13.5. The summed E-state index contributed by atoms with van der Waals surface area (Å²) in [6.07, 6.45) is 4.49. The first-order chi connectivity index (χ1) is 14.6. The molecule has 0 aliphatic heterocycles. The van der Waals surface area contributed by atoms with Crippen molar-refractivity contribution in [3.8, 4) is 11.5 Å². The molecule has 8 nitrogen and oxygen atoms in total. The van der Waals surface area contributed by atoms with E-state index in [2.05, 4.69) is 5.10 Å². The van der Waals surface area contributed by atoms with Crippen molar-refractivity contribution in [2.75, 3.05) is 6.61 Å². The molecule has 3 heterocycles. The highest BCUT2D eigenvalue weighted by molar-refractivity contribution is 5.87. The Labute approximate surface area is 173 Å². The maximum absolute atomic E-state index is 13.4. The predicted octanol–water partition coefficient (Wildman–Crippen LogP) is 3.02. The molecule has 0 spiro atoms. The average molecular weight is 405 g/mol. The van der Waals surface area contributed by atoms with Gasteiger partial charge < -0.3 is 9.30 Å². The van der Waals surface area contributed by atoms with E-state index in [1.165, 1.54) is 4.68 Å². The smallest absolute Gasteiger partial charge is 0.305 e. The van der Waals surface area contributed by atoms with Crippen molar-refractivity contribution < 1.29 is 9.53 Å². The minimum absolute atomic E-state index is 0.231. The summed E-state index contributed by atoms with van der Waals surface area (Å²) < 4.78 is 10.0. The zero-order valence-electron chi connectivity index (χ0n) is 17.0. The van der Waals surface area contributed by atoms with Crippen LogP contribution in [0.25, 0.3) is 22.4 Å². The zero-order chi connectivity index (χ0) is 21.1. The number of fused-ring (bicyclic) bond motifs is 1. The number of ether oxygens (including phenoxy) is 1. The quantitative estimate of drug-likeness (QED) is 0.441. The molecule has 4 aromatic rings. The van der Waals surface area contributed by atoms with Crippen LogP contribution in [0.1, 0.15) is 25.5 Å². The first-order valence-electron chi connectivity index (χ1n) is 9.95. The number of aromatic nitrogens is 5. The lowest BCUT2D eigenvalue weighted by molar-refractivity contribution is -0.143. The van der Waals surface area contributed by atoms with Gasteiger partial charge in [0.25, 0.3) is 5.56 Å². The minimum atomic E-state index is -0.270. The van der Waals surface area contributed by atoms with E-state index in [-0.39, 0.29) is 17.9 Å². The molecule has 0 aliphatic rings. The molecule has 0 saturated carbocycles. The highest BCUT2D eigenvalue weighted by atomic mass is 16.5. The van der Waals surface area contributed by atoms with Gasteiger partial charge in [-0.25, -0.2) is 9.36 Å². The van der Waals surface area contributed by atoms with Gasteiger partial charge in [-0.05, 0) is 44.5 Å². The molecule has 0 unspecified atom stereocenters. The van der Waals surface area contributed by atoms with Gasteiger partial charge in [0.05, 0.1) is 18.0 Å². The van der Waals surface area contributed by atoms with Crippen LogP contribution in [-0.4, -0.2) is 36.7 Å². The van der Waals surface area contributed by atoms with Gasteiger partial charge in [0.15, 0.2) is 5.82 Å². The highest BCUT2D eigenvalue weighted by Crippen LogP contribution is 2.24. The van der Waals surface area contributed by atoms with Gasteiger partial charge in [-0.15, -0.1) is 0 Å². The fourth-order valence-corrected chi connectivity index (χ4v) is 3.48. The fraction of sp³-hybridized carbons (Fsp3) is 0.273. The second-order valence-corrected chi connectivity index (χ2v) is 6.91. The summed E-state index contributed by atoms with van der Waals surface area (Å²) in [6.45, 7) is 4.29. The van der Waals surface area contributed by atoms with Crippen LogP contribution >= 0.6 is 0 Å². The molecule has 30 heavy (non-hydrogen) atoms. The van der Waals surface area contributed by atoms with Crippen LogP contribution in [0.15, 0.2) is 59.7 Å². The maximum atomic E-state index is 13.4. The summed E-state index contributed by atoms with van der Waals surface area (Å²) in [5.74, 6) is 0.393. The van der Waals surface area contributed by atoms with Crippen molar-refractivity contribution in [2.45, 2.75) is 33.2 Å². The van der Waals surface area contributed by atoms with E-state index in [9.17, 15) is 9.59 Å². The van der Waals surface area contributed by atoms with Gasteiger partial charge in [-0.1, -0.05) is 18.2 Å². The van der Waals surface area contributed by atoms with Crippen LogP contribution in [-0.2, 0) is 16.1 Å². The van der Waals surface area contributed by atoms with E-state index in [1.807, 2.05) is 66.3 Å². The minimum Gasteiger partial charge on any atom is -0.466 e. The van der Waals surface area contributed by atoms with Crippen LogP contribution in [0.3, 0.4) is 0 Å². The van der Waals surface area contributed by atoms with Crippen LogP contribution in [0.4, 0.5) is 0 Å². The molecule has 1 aromatic carbocycles. The summed E-state index contributed by atoms with van der Waals surface area (Å²) in [4.78, 5) is 25.0. The second-order valence-electron chi connectivity index (χ2n) is 6.91. The Hall–Kier alpha value is -3.68. The second kappa shape index (κ2) is 8.36. The standard InChI is InChI=1S/C22H23N5O3/c1-3-30-18(28)12-9-15-26-22(29)19-20(16(2)23-26)24-27(17-10-5-4-6-11-17)21(19)25-13-7-8-14-25/h4-8,10-11,13-14H,3,9,12,15H2,1-2H3. The number of carbonyl (C=O) groups excluding carboxylic acids is 1. The first-order valence-corrected chi connectivity index (χ1v) is 9.95. The molecular weight excluding hydrogens is 382 g/mol. The third kappa shape index (κ3) is 3.63. The highest BCUT2D eigenvalue weighted by Gasteiger charge is 2.21. The van der Waals surface area contributed by atoms with Crippen LogP contribution < -0.4 is 5.56 Å². The number of hydrogen-bond donors (Lipinski definition) is 0. The van der Waals surface area contributed by atoms with Crippen molar-refractivity contribution in [2.24, 2.45) is 0 Å². The molecule has 8 heteroatoms. The largest absolute Gasteiger partial charge is 0.466 e. The first kappa shape index (κ1) is 19.6. The number of nitrogens with zero attached hydrogens (tertiary/aromatic N) is 5. The third-order valence-corrected chi connectivity index (χ3v) is 4.83. The van der Waals surface area contributed by atoms with Crippen molar-refractivity contribution in [3.63, 3.8) is 0 Å². The summed E-state index contributed by atoms with van der Waals surface area (Å²) >= 11 is 0. The summed E-state index contributed by atoms with van der Waals surface area (Å²) in [5.41, 5.74) is 1.84. The van der Waals surface area contributed by atoms with E-state index >= 15 is 0 Å².